The maximum atomic E-state index is 12.8. The highest BCUT2D eigenvalue weighted by Crippen LogP contribution is 2.38. The number of hydrogen-bond acceptors (Lipinski definition) is 5. The molecular formula is C21H23NO5S. The van der Waals surface area contributed by atoms with E-state index in [4.69, 9.17) is 4.74 Å². The van der Waals surface area contributed by atoms with Gasteiger partial charge in [0.15, 0.2) is 0 Å². The molecule has 1 amide bonds. The van der Waals surface area contributed by atoms with Gasteiger partial charge in [-0.15, -0.1) is 11.3 Å². The number of methoxy groups -OCH3 is 1. The first kappa shape index (κ1) is 20.1. The van der Waals surface area contributed by atoms with E-state index in [0.29, 0.717) is 29.0 Å². The summed E-state index contributed by atoms with van der Waals surface area (Å²) in [7, 11) is 1.30. The molecule has 1 aliphatic rings. The number of carbonyl (C=O) groups excluding carboxylic acids is 2. The molecule has 1 aromatic carbocycles. The predicted molar refractivity (Wildman–Crippen MR) is 108 cm³/mol. The van der Waals surface area contributed by atoms with E-state index in [0.717, 1.165) is 24.0 Å². The lowest BCUT2D eigenvalue weighted by Crippen LogP contribution is -2.36. The van der Waals surface area contributed by atoms with Crippen molar-refractivity contribution in [3.63, 3.8) is 0 Å². The average Bonchev–Trinajstić information content (AvgIpc) is 3.10. The molecule has 6 nitrogen and oxygen atoms in total. The van der Waals surface area contributed by atoms with Gasteiger partial charge < -0.3 is 15.2 Å². The fraction of sp³-hybridized carbons (Fsp3) is 0.381. The fourth-order valence-corrected chi connectivity index (χ4v) is 4.68. The third kappa shape index (κ3) is 4.09. The lowest BCUT2D eigenvalue weighted by atomic mass is 9.79. The number of benzene rings is 1. The highest BCUT2D eigenvalue weighted by molar-refractivity contribution is 7.15. The summed E-state index contributed by atoms with van der Waals surface area (Å²) in [6, 6.07) is 7.73. The summed E-state index contributed by atoms with van der Waals surface area (Å²) >= 11 is 1.24. The number of carboxylic acid groups (broad SMARTS) is 1. The number of amides is 1. The van der Waals surface area contributed by atoms with Crippen molar-refractivity contribution in [1.82, 2.24) is 0 Å². The van der Waals surface area contributed by atoms with Crippen LogP contribution in [-0.4, -0.2) is 30.1 Å². The highest BCUT2D eigenvalue weighted by atomic mass is 32.1. The van der Waals surface area contributed by atoms with Gasteiger partial charge in [0.2, 0.25) is 5.91 Å². The summed E-state index contributed by atoms with van der Waals surface area (Å²) in [5.41, 5.74) is 2.90. The molecule has 0 radical (unpaired) electrons. The van der Waals surface area contributed by atoms with Crippen LogP contribution in [0.15, 0.2) is 29.6 Å². The molecule has 148 valence electrons. The van der Waals surface area contributed by atoms with E-state index in [2.05, 4.69) is 5.32 Å². The molecule has 7 heteroatoms. The summed E-state index contributed by atoms with van der Waals surface area (Å²) < 4.78 is 4.94. The van der Waals surface area contributed by atoms with Crippen molar-refractivity contribution in [2.45, 2.75) is 32.6 Å². The van der Waals surface area contributed by atoms with Crippen molar-refractivity contribution in [2.75, 3.05) is 12.4 Å². The Morgan fingerprint density at radius 2 is 1.89 bits per heavy atom. The van der Waals surface area contributed by atoms with E-state index in [9.17, 15) is 19.5 Å². The molecule has 3 rings (SSSR count). The van der Waals surface area contributed by atoms with Gasteiger partial charge in [-0.3, -0.25) is 9.59 Å². The second kappa shape index (κ2) is 8.56. The van der Waals surface area contributed by atoms with Crippen molar-refractivity contribution < 1.29 is 24.2 Å². The zero-order valence-electron chi connectivity index (χ0n) is 15.9. The van der Waals surface area contributed by atoms with E-state index in [-0.39, 0.29) is 5.91 Å². The van der Waals surface area contributed by atoms with Crippen molar-refractivity contribution in [1.29, 1.82) is 0 Å². The minimum Gasteiger partial charge on any atom is -0.481 e. The number of hydrogen-bond donors (Lipinski definition) is 2. The molecule has 1 heterocycles. The summed E-state index contributed by atoms with van der Waals surface area (Å²) in [4.78, 5) is 36.8. The molecule has 2 aromatic rings. The van der Waals surface area contributed by atoms with Crippen LogP contribution in [0.4, 0.5) is 5.00 Å². The lowest BCUT2D eigenvalue weighted by Gasteiger charge is -2.27. The van der Waals surface area contributed by atoms with E-state index in [1.54, 1.807) is 0 Å². The minimum atomic E-state index is -0.945. The second-order valence-electron chi connectivity index (χ2n) is 7.04. The Labute approximate surface area is 167 Å². The Hall–Kier alpha value is -2.67. The number of aryl methyl sites for hydroxylation is 1. The molecule has 28 heavy (non-hydrogen) atoms. The van der Waals surface area contributed by atoms with Gasteiger partial charge in [-0.1, -0.05) is 42.7 Å². The van der Waals surface area contributed by atoms with Gasteiger partial charge >= 0.3 is 11.9 Å². The number of carbonyl (C=O) groups is 3. The van der Waals surface area contributed by atoms with Crippen LogP contribution in [0.2, 0.25) is 0 Å². The third-order valence-corrected chi connectivity index (χ3v) is 6.06. The van der Waals surface area contributed by atoms with Crippen LogP contribution in [-0.2, 0) is 14.3 Å². The van der Waals surface area contributed by atoms with Gasteiger partial charge in [0.05, 0.1) is 18.9 Å². The van der Waals surface area contributed by atoms with Crippen molar-refractivity contribution in [3.05, 3.63) is 40.8 Å². The average molecular weight is 401 g/mol. The van der Waals surface area contributed by atoms with Crippen LogP contribution < -0.4 is 5.32 Å². The predicted octanol–water partition coefficient (Wildman–Crippen LogP) is 4.34. The van der Waals surface area contributed by atoms with Gasteiger partial charge in [0.25, 0.3) is 0 Å². The normalized spacial score (nSPS) is 19.1. The molecule has 1 aromatic heterocycles. The summed E-state index contributed by atoms with van der Waals surface area (Å²) in [6.45, 7) is 1.96. The van der Waals surface area contributed by atoms with Crippen LogP contribution in [0, 0.1) is 18.8 Å². The maximum Gasteiger partial charge on any atom is 0.341 e. The van der Waals surface area contributed by atoms with Gasteiger partial charge in [0, 0.05) is 10.9 Å². The van der Waals surface area contributed by atoms with Gasteiger partial charge in [-0.25, -0.2) is 4.79 Å². The largest absolute Gasteiger partial charge is 0.481 e. The third-order valence-electron chi connectivity index (χ3n) is 5.17. The zero-order chi connectivity index (χ0) is 20.3. The summed E-state index contributed by atoms with van der Waals surface area (Å²) in [6.07, 6.45) is 2.66. The van der Waals surface area contributed by atoms with E-state index in [1.165, 1.54) is 18.4 Å². The molecule has 1 saturated carbocycles. The van der Waals surface area contributed by atoms with Crippen molar-refractivity contribution >= 4 is 34.2 Å². The van der Waals surface area contributed by atoms with Crippen LogP contribution in [0.1, 0.15) is 41.6 Å². The van der Waals surface area contributed by atoms with Gasteiger partial charge in [0.1, 0.15) is 10.6 Å². The molecule has 1 fully saturated rings. The number of esters is 1. The van der Waals surface area contributed by atoms with E-state index in [1.807, 2.05) is 36.6 Å². The first-order valence-corrected chi connectivity index (χ1v) is 10.1. The number of anilines is 1. The number of thiophene rings is 1. The number of aliphatic carboxylic acids is 1. The van der Waals surface area contributed by atoms with E-state index >= 15 is 0 Å². The number of rotatable bonds is 5. The standard InChI is InChI=1S/C21H23NO5S/c1-12-6-5-7-13(10-12)16-11-28-19(17(16)21(26)27-2)22-18(23)14-8-3-4-9-15(14)20(24)25/h5-7,10-11,14-15H,3-4,8-9H2,1-2H3,(H,22,23)(H,24,25)/t14-,15+/m0/s1. The van der Waals surface area contributed by atoms with Crippen molar-refractivity contribution in [2.24, 2.45) is 11.8 Å². The quantitative estimate of drug-likeness (QED) is 0.727. The van der Waals surface area contributed by atoms with Gasteiger partial charge in [-0.05, 0) is 25.3 Å². The Kier molecular flexibility index (Phi) is 6.14. The molecule has 0 unspecified atom stereocenters. The summed E-state index contributed by atoms with van der Waals surface area (Å²) in [5, 5.41) is 14.4. The first-order valence-electron chi connectivity index (χ1n) is 9.23. The monoisotopic (exact) mass is 401 g/mol. The number of nitrogens with one attached hydrogen (secondary N) is 1. The molecule has 0 bridgehead atoms. The Morgan fingerprint density at radius 3 is 2.54 bits per heavy atom. The topological polar surface area (TPSA) is 92.7 Å². The Morgan fingerprint density at radius 1 is 1.18 bits per heavy atom. The van der Waals surface area contributed by atoms with Crippen LogP contribution in [0.3, 0.4) is 0 Å². The molecule has 2 atom stereocenters. The smallest absolute Gasteiger partial charge is 0.341 e. The molecule has 0 spiro atoms. The molecule has 0 aliphatic heterocycles. The Bertz CT molecular complexity index is 904. The molecular weight excluding hydrogens is 378 g/mol. The Balaban J connectivity index is 1.92. The van der Waals surface area contributed by atoms with Gasteiger partial charge in [-0.2, -0.15) is 0 Å². The van der Waals surface area contributed by atoms with E-state index < -0.39 is 23.8 Å². The lowest BCUT2D eigenvalue weighted by molar-refractivity contribution is -0.147. The molecule has 0 saturated heterocycles. The second-order valence-corrected chi connectivity index (χ2v) is 7.92. The first-order chi connectivity index (χ1) is 13.4. The fourth-order valence-electron chi connectivity index (χ4n) is 3.72. The summed E-state index contributed by atoms with van der Waals surface area (Å²) in [5.74, 6) is -3.12. The highest BCUT2D eigenvalue weighted by Gasteiger charge is 2.36. The SMILES string of the molecule is COC(=O)c1c(-c2cccc(C)c2)csc1NC(=O)[C@H]1CCCC[C@H]1C(=O)O. The maximum absolute atomic E-state index is 12.8. The minimum absolute atomic E-state index is 0.300. The number of carboxylic acids is 1. The van der Waals surface area contributed by atoms with Crippen LogP contribution in [0.5, 0.6) is 0 Å². The van der Waals surface area contributed by atoms with Crippen molar-refractivity contribution in [3.8, 4) is 11.1 Å². The van der Waals surface area contributed by atoms with Crippen LogP contribution in [0.25, 0.3) is 11.1 Å². The number of ether oxygens (including phenoxy) is 1. The zero-order valence-corrected chi connectivity index (χ0v) is 16.7. The molecule has 2 N–H and O–H groups in total. The molecule has 1 aliphatic carbocycles. The van der Waals surface area contributed by atoms with Crippen LogP contribution >= 0.6 is 11.3 Å².